The second kappa shape index (κ2) is 10.3. The van der Waals surface area contributed by atoms with Crippen molar-refractivity contribution in [1.29, 1.82) is 0 Å². The molecule has 1 aliphatic heterocycles. The van der Waals surface area contributed by atoms with Crippen molar-refractivity contribution in [2.45, 2.75) is 19.8 Å². The summed E-state index contributed by atoms with van der Waals surface area (Å²) < 4.78 is 5.39. The molecule has 0 unspecified atom stereocenters. The van der Waals surface area contributed by atoms with Crippen molar-refractivity contribution in [3.63, 3.8) is 0 Å². The zero-order valence-electron chi connectivity index (χ0n) is 21.7. The van der Waals surface area contributed by atoms with Crippen molar-refractivity contribution < 1.29 is 24.5 Å². The standard InChI is InChI=1S/C31H27N3O5/c1-18(2)19-10-12-22(13-11-19)34-27-15-14-23(39-3)17-25(27)28(30(34)36)33-32-26-9-5-8-24(29(26)35)20-6-4-7-21(16-20)31(37)38/h4-18,32,35H,1-3H3,(H,37,38). The predicted molar refractivity (Wildman–Crippen MR) is 151 cm³/mol. The number of nitrogens with zero attached hydrogens (tertiary/aromatic N) is 2. The molecule has 0 radical (unpaired) electrons. The summed E-state index contributed by atoms with van der Waals surface area (Å²) in [5.41, 5.74) is 7.46. The van der Waals surface area contributed by atoms with Gasteiger partial charge in [-0.25, -0.2) is 4.79 Å². The molecule has 0 aromatic heterocycles. The van der Waals surface area contributed by atoms with E-state index in [-0.39, 0.29) is 28.6 Å². The topological polar surface area (TPSA) is 111 Å². The van der Waals surface area contributed by atoms with E-state index in [1.54, 1.807) is 54.5 Å². The summed E-state index contributed by atoms with van der Waals surface area (Å²) in [6, 6.07) is 24.5. The van der Waals surface area contributed by atoms with Gasteiger partial charge < -0.3 is 14.9 Å². The van der Waals surface area contributed by atoms with Gasteiger partial charge in [0.2, 0.25) is 0 Å². The van der Waals surface area contributed by atoms with E-state index in [1.165, 1.54) is 17.7 Å². The van der Waals surface area contributed by atoms with Crippen LogP contribution in [0.15, 0.2) is 90.0 Å². The number of para-hydroxylation sites is 1. The molecule has 0 spiro atoms. The summed E-state index contributed by atoms with van der Waals surface area (Å²) in [5, 5.41) is 24.7. The summed E-state index contributed by atoms with van der Waals surface area (Å²) in [7, 11) is 1.55. The Labute approximate surface area is 225 Å². The number of hydrogen-bond acceptors (Lipinski definition) is 6. The maximum atomic E-state index is 13.7. The highest BCUT2D eigenvalue weighted by atomic mass is 16.5. The summed E-state index contributed by atoms with van der Waals surface area (Å²) >= 11 is 0. The maximum Gasteiger partial charge on any atom is 0.335 e. The Bertz CT molecular complexity index is 1610. The van der Waals surface area contributed by atoms with Gasteiger partial charge in [0.05, 0.1) is 24.0 Å². The third kappa shape index (κ3) is 4.80. The highest BCUT2D eigenvalue weighted by Gasteiger charge is 2.36. The molecular formula is C31H27N3O5. The number of aromatic hydroxyl groups is 1. The van der Waals surface area contributed by atoms with Crippen LogP contribution in [0.3, 0.4) is 0 Å². The van der Waals surface area contributed by atoms with Crippen LogP contribution < -0.4 is 15.1 Å². The fourth-order valence-electron chi connectivity index (χ4n) is 4.53. The normalized spacial score (nSPS) is 13.6. The van der Waals surface area contributed by atoms with Gasteiger partial charge in [-0.1, -0.05) is 50.2 Å². The number of methoxy groups -OCH3 is 1. The van der Waals surface area contributed by atoms with Crippen molar-refractivity contribution in [1.82, 2.24) is 0 Å². The van der Waals surface area contributed by atoms with Crippen LogP contribution in [0.5, 0.6) is 11.5 Å². The smallest absolute Gasteiger partial charge is 0.335 e. The van der Waals surface area contributed by atoms with E-state index >= 15 is 0 Å². The number of fused-ring (bicyclic) bond motifs is 1. The first kappa shape index (κ1) is 25.5. The predicted octanol–water partition coefficient (Wildman–Crippen LogP) is 6.38. The molecule has 0 saturated carbocycles. The van der Waals surface area contributed by atoms with Crippen molar-refractivity contribution >= 4 is 34.7 Å². The number of carboxylic acid groups (broad SMARTS) is 1. The van der Waals surface area contributed by atoms with Gasteiger partial charge in [0.1, 0.15) is 11.5 Å². The molecule has 0 atom stereocenters. The number of phenols is 1. The lowest BCUT2D eigenvalue weighted by atomic mass is 10.0. The van der Waals surface area contributed by atoms with E-state index in [0.29, 0.717) is 39.7 Å². The third-order valence-electron chi connectivity index (χ3n) is 6.67. The Balaban J connectivity index is 1.52. The van der Waals surface area contributed by atoms with Crippen LogP contribution in [0, 0.1) is 0 Å². The van der Waals surface area contributed by atoms with Gasteiger partial charge in [-0.2, -0.15) is 5.10 Å². The lowest BCUT2D eigenvalue weighted by Crippen LogP contribution is -2.26. The van der Waals surface area contributed by atoms with E-state index in [0.717, 1.165) is 0 Å². The number of nitrogens with one attached hydrogen (secondary N) is 1. The average Bonchev–Trinajstić information content (AvgIpc) is 3.22. The Hall–Kier alpha value is -5.11. The van der Waals surface area contributed by atoms with Gasteiger partial charge in [-0.3, -0.25) is 15.1 Å². The highest BCUT2D eigenvalue weighted by molar-refractivity contribution is 6.55. The second-order valence-corrected chi connectivity index (χ2v) is 9.43. The van der Waals surface area contributed by atoms with Crippen molar-refractivity contribution in [2.75, 3.05) is 17.4 Å². The number of benzene rings is 4. The number of aromatic carboxylic acids is 1. The minimum absolute atomic E-state index is 0.106. The van der Waals surface area contributed by atoms with Crippen LogP contribution in [-0.2, 0) is 4.79 Å². The molecule has 0 saturated heterocycles. The second-order valence-electron chi connectivity index (χ2n) is 9.43. The molecule has 4 aromatic carbocycles. The number of amides is 1. The number of hydrazone groups is 1. The van der Waals surface area contributed by atoms with Crippen molar-refractivity contribution in [3.8, 4) is 22.6 Å². The third-order valence-corrected chi connectivity index (χ3v) is 6.67. The highest BCUT2D eigenvalue weighted by Crippen LogP contribution is 2.39. The van der Waals surface area contributed by atoms with Crippen LogP contribution in [0.2, 0.25) is 0 Å². The minimum Gasteiger partial charge on any atom is -0.505 e. The Morgan fingerprint density at radius 3 is 2.38 bits per heavy atom. The van der Waals surface area contributed by atoms with E-state index in [2.05, 4.69) is 24.4 Å². The van der Waals surface area contributed by atoms with Gasteiger partial charge in [-0.15, -0.1) is 0 Å². The lowest BCUT2D eigenvalue weighted by molar-refractivity contribution is -0.111. The van der Waals surface area contributed by atoms with Crippen LogP contribution in [0.1, 0.15) is 41.3 Å². The molecule has 196 valence electrons. The SMILES string of the molecule is COc1ccc2c(c1)C(=NNc1cccc(-c3cccc(C(=O)O)c3)c1O)C(=O)N2c1ccc(C(C)C)cc1. The molecule has 0 bridgehead atoms. The molecule has 3 N–H and O–H groups in total. The van der Waals surface area contributed by atoms with Gasteiger partial charge >= 0.3 is 5.97 Å². The van der Waals surface area contributed by atoms with Crippen LogP contribution in [0.25, 0.3) is 11.1 Å². The quantitative estimate of drug-likeness (QED) is 0.192. The summed E-state index contributed by atoms with van der Waals surface area (Å²) in [5.74, 6) is -0.570. The van der Waals surface area contributed by atoms with Crippen LogP contribution >= 0.6 is 0 Å². The average molecular weight is 522 g/mol. The monoisotopic (exact) mass is 521 g/mol. The van der Waals surface area contributed by atoms with Crippen LogP contribution in [0.4, 0.5) is 17.1 Å². The first-order chi connectivity index (χ1) is 18.8. The molecule has 4 aromatic rings. The zero-order chi connectivity index (χ0) is 27.7. The molecule has 1 aliphatic rings. The number of ether oxygens (including phenoxy) is 1. The molecule has 8 nitrogen and oxygen atoms in total. The summed E-state index contributed by atoms with van der Waals surface area (Å²) in [6.45, 7) is 4.22. The van der Waals surface area contributed by atoms with E-state index in [1.807, 2.05) is 30.3 Å². The number of phenolic OH excluding ortho intramolecular Hbond substituents is 1. The molecule has 1 amide bonds. The number of anilines is 3. The fraction of sp³-hybridized carbons (Fsp3) is 0.129. The number of rotatable bonds is 7. The van der Waals surface area contributed by atoms with Gasteiger partial charge in [0, 0.05) is 16.8 Å². The lowest BCUT2D eigenvalue weighted by Gasteiger charge is -2.18. The van der Waals surface area contributed by atoms with Crippen LogP contribution in [-0.4, -0.2) is 34.9 Å². The first-order valence-electron chi connectivity index (χ1n) is 12.4. The fourth-order valence-corrected chi connectivity index (χ4v) is 4.53. The number of hydrogen-bond donors (Lipinski definition) is 3. The molecule has 1 heterocycles. The Morgan fingerprint density at radius 2 is 1.69 bits per heavy atom. The largest absolute Gasteiger partial charge is 0.505 e. The van der Waals surface area contributed by atoms with E-state index in [4.69, 9.17) is 4.74 Å². The minimum atomic E-state index is -1.06. The number of carbonyl (C=O) groups is 2. The zero-order valence-corrected chi connectivity index (χ0v) is 21.7. The van der Waals surface area contributed by atoms with Gasteiger partial charge in [0.15, 0.2) is 5.71 Å². The van der Waals surface area contributed by atoms with Crippen molar-refractivity contribution in [2.24, 2.45) is 5.10 Å². The molecule has 8 heteroatoms. The summed E-state index contributed by atoms with van der Waals surface area (Å²) in [4.78, 5) is 26.7. The molecule has 39 heavy (non-hydrogen) atoms. The maximum absolute atomic E-state index is 13.7. The molecule has 5 rings (SSSR count). The molecule has 0 aliphatic carbocycles. The Morgan fingerprint density at radius 1 is 0.949 bits per heavy atom. The number of carbonyl (C=O) groups excluding carboxylic acids is 1. The molecule has 0 fully saturated rings. The van der Waals surface area contributed by atoms with E-state index in [9.17, 15) is 19.8 Å². The summed E-state index contributed by atoms with van der Waals surface area (Å²) in [6.07, 6.45) is 0. The van der Waals surface area contributed by atoms with Gasteiger partial charge in [0.25, 0.3) is 5.91 Å². The van der Waals surface area contributed by atoms with Crippen molar-refractivity contribution in [3.05, 3.63) is 102 Å². The molecular weight excluding hydrogens is 494 g/mol. The van der Waals surface area contributed by atoms with Gasteiger partial charge in [-0.05, 0) is 65.6 Å². The first-order valence-corrected chi connectivity index (χ1v) is 12.4. The Kier molecular flexibility index (Phi) is 6.77. The van der Waals surface area contributed by atoms with E-state index < -0.39 is 5.97 Å². The number of carboxylic acids is 1.